The third-order valence-electron chi connectivity index (χ3n) is 1.34. The second-order valence-electron chi connectivity index (χ2n) is 2.12. The Kier molecular flexibility index (Phi) is 1.68. The van der Waals surface area contributed by atoms with Gasteiger partial charge < -0.3 is 4.74 Å². The van der Waals surface area contributed by atoms with Crippen LogP contribution < -0.4 is 0 Å². The zero-order valence-electron chi connectivity index (χ0n) is 5.69. The number of hydrogen-bond donors (Lipinski definition) is 0. The molecule has 4 heteroatoms. The van der Waals surface area contributed by atoms with Crippen molar-refractivity contribution in [3.8, 4) is 0 Å². The molecule has 0 saturated carbocycles. The Hall–Kier alpha value is -0.570. The predicted molar refractivity (Wildman–Crippen MR) is 37.9 cm³/mol. The highest BCUT2D eigenvalue weighted by Crippen LogP contribution is 2.32. The van der Waals surface area contributed by atoms with Gasteiger partial charge >= 0.3 is 0 Å². The fourth-order valence-electron chi connectivity index (χ4n) is 0.704. The molecule has 10 heavy (non-hydrogen) atoms. The van der Waals surface area contributed by atoms with E-state index in [1.165, 1.54) is 14.0 Å². The van der Waals surface area contributed by atoms with Gasteiger partial charge in [-0.2, -0.15) is 0 Å². The molecule has 0 amide bonds. The lowest BCUT2D eigenvalue weighted by Gasteiger charge is -2.14. The van der Waals surface area contributed by atoms with Gasteiger partial charge in [-0.1, -0.05) is 0 Å². The van der Waals surface area contributed by atoms with Gasteiger partial charge in [0.15, 0.2) is 4.87 Å². The number of aliphatic imine (C=N–C) groups is 1. The first-order valence-electron chi connectivity index (χ1n) is 2.76. The second kappa shape index (κ2) is 2.23. The minimum atomic E-state index is -1.19. The Labute approximate surface area is 63.3 Å². The largest absolute Gasteiger partial charge is 0.482 e. The minimum absolute atomic E-state index is 0.201. The lowest BCUT2D eigenvalue weighted by molar-refractivity contribution is 0.379. The average molecular weight is 164 g/mol. The summed E-state index contributed by atoms with van der Waals surface area (Å²) in [5, 5.41) is 0. The molecule has 1 rings (SSSR count). The maximum atomic E-state index is 12.7. The van der Waals surface area contributed by atoms with Crippen LogP contribution in [0.3, 0.4) is 0 Å². The summed E-state index contributed by atoms with van der Waals surface area (Å²) in [4.78, 5) is 2.43. The van der Waals surface area contributed by atoms with E-state index in [9.17, 15) is 4.39 Å². The Morgan fingerprint density at radius 1 is 1.80 bits per heavy atom. The monoisotopic (exact) mass is 163 g/mol. The van der Waals surface area contributed by atoms with Gasteiger partial charge in [-0.3, -0.25) is 0 Å². The molecule has 1 aliphatic heterocycles. The van der Waals surface area contributed by atoms with Crippen LogP contribution in [0.25, 0.3) is 0 Å². The van der Waals surface area contributed by atoms with Crippen molar-refractivity contribution in [1.82, 2.24) is 0 Å². The predicted octanol–water partition coefficient (Wildman–Crippen LogP) is 1.85. The summed E-state index contributed by atoms with van der Waals surface area (Å²) in [7, 11) is 1.41. The number of halogens is 2. The molecular formula is C6H7ClFNO. The highest BCUT2D eigenvalue weighted by atomic mass is 35.5. The van der Waals surface area contributed by atoms with E-state index in [2.05, 4.69) is 4.99 Å². The highest BCUT2D eigenvalue weighted by Gasteiger charge is 2.38. The van der Waals surface area contributed by atoms with Crippen LogP contribution in [-0.2, 0) is 4.74 Å². The van der Waals surface area contributed by atoms with E-state index in [-0.39, 0.29) is 5.90 Å². The van der Waals surface area contributed by atoms with Crippen LogP contribution in [0.15, 0.2) is 17.0 Å². The molecule has 0 aliphatic carbocycles. The molecular weight excluding hydrogens is 157 g/mol. The van der Waals surface area contributed by atoms with Gasteiger partial charge in [0.2, 0.25) is 5.90 Å². The average Bonchev–Trinajstić information content (AvgIpc) is 2.10. The van der Waals surface area contributed by atoms with E-state index in [0.717, 1.165) is 6.20 Å². The maximum Gasteiger partial charge on any atom is 0.216 e. The molecule has 1 heterocycles. The molecule has 0 saturated heterocycles. The van der Waals surface area contributed by atoms with Crippen LogP contribution in [-0.4, -0.2) is 17.9 Å². The van der Waals surface area contributed by atoms with Crippen molar-refractivity contribution >= 4 is 17.5 Å². The summed E-state index contributed by atoms with van der Waals surface area (Å²) in [5.74, 6) is -0.280. The van der Waals surface area contributed by atoms with Crippen molar-refractivity contribution in [3.05, 3.63) is 12.0 Å². The van der Waals surface area contributed by atoms with Crippen LogP contribution in [0.4, 0.5) is 4.39 Å². The molecule has 0 aromatic carbocycles. The van der Waals surface area contributed by atoms with Crippen LogP contribution >= 0.6 is 11.6 Å². The molecule has 56 valence electrons. The fraction of sp³-hybridized carbons (Fsp3) is 0.500. The van der Waals surface area contributed by atoms with Crippen LogP contribution in [0.2, 0.25) is 0 Å². The number of hydrogen-bond acceptors (Lipinski definition) is 2. The third kappa shape index (κ3) is 0.904. The molecule has 1 unspecified atom stereocenters. The maximum absolute atomic E-state index is 12.7. The first-order chi connectivity index (χ1) is 4.59. The number of alkyl halides is 1. The van der Waals surface area contributed by atoms with Gasteiger partial charge in [0.1, 0.15) is 5.83 Å². The van der Waals surface area contributed by atoms with Crippen LogP contribution in [0.1, 0.15) is 6.92 Å². The molecule has 0 N–H and O–H groups in total. The topological polar surface area (TPSA) is 21.6 Å². The highest BCUT2D eigenvalue weighted by molar-refractivity contribution is 6.37. The quantitative estimate of drug-likeness (QED) is 0.500. The summed E-state index contributed by atoms with van der Waals surface area (Å²) in [6.45, 7) is 1.50. The summed E-state index contributed by atoms with van der Waals surface area (Å²) in [6.07, 6.45) is 1.06. The molecule has 1 aliphatic rings. The summed E-state index contributed by atoms with van der Waals surface area (Å²) >= 11 is 5.69. The fourth-order valence-corrected chi connectivity index (χ4v) is 0.879. The second-order valence-corrected chi connectivity index (χ2v) is 2.87. The van der Waals surface area contributed by atoms with E-state index >= 15 is 0 Å². The van der Waals surface area contributed by atoms with E-state index in [4.69, 9.17) is 16.3 Å². The van der Waals surface area contributed by atoms with Gasteiger partial charge in [0, 0.05) is 0 Å². The first-order valence-corrected chi connectivity index (χ1v) is 3.14. The lowest BCUT2D eigenvalue weighted by Crippen LogP contribution is -2.27. The van der Waals surface area contributed by atoms with Gasteiger partial charge in [0.05, 0.1) is 13.3 Å². The van der Waals surface area contributed by atoms with Crippen LogP contribution in [0.5, 0.6) is 0 Å². The number of ether oxygens (including phenoxy) is 1. The minimum Gasteiger partial charge on any atom is -0.482 e. The first kappa shape index (κ1) is 7.54. The number of nitrogens with zero attached hydrogens (tertiary/aromatic N) is 1. The standard InChI is InChI=1S/C6H7ClFNO/c1-6(7)4(8)3-9-5(6)10-2/h3H,1-2H3. The van der Waals surface area contributed by atoms with E-state index in [0.29, 0.717) is 0 Å². The van der Waals surface area contributed by atoms with Gasteiger partial charge in [0.25, 0.3) is 0 Å². The van der Waals surface area contributed by atoms with Crippen molar-refractivity contribution in [1.29, 1.82) is 0 Å². The van der Waals surface area contributed by atoms with Crippen molar-refractivity contribution in [2.45, 2.75) is 11.8 Å². The summed E-state index contributed by atoms with van der Waals surface area (Å²) in [6, 6.07) is 0. The number of methoxy groups -OCH3 is 1. The lowest BCUT2D eigenvalue weighted by atomic mass is 10.2. The molecule has 2 nitrogen and oxygen atoms in total. The number of rotatable bonds is 0. The van der Waals surface area contributed by atoms with E-state index < -0.39 is 10.7 Å². The Bertz CT molecular complexity index is 210. The molecule has 0 aromatic heterocycles. The zero-order chi connectivity index (χ0) is 7.78. The smallest absolute Gasteiger partial charge is 0.216 e. The van der Waals surface area contributed by atoms with Gasteiger partial charge in [-0.15, -0.1) is 11.6 Å². The van der Waals surface area contributed by atoms with E-state index in [1.807, 2.05) is 0 Å². The van der Waals surface area contributed by atoms with Crippen molar-refractivity contribution in [3.63, 3.8) is 0 Å². The SMILES string of the molecule is COC1=NC=C(F)C1(C)Cl. The van der Waals surface area contributed by atoms with Crippen molar-refractivity contribution in [2.24, 2.45) is 4.99 Å². The Morgan fingerprint density at radius 3 is 2.60 bits per heavy atom. The molecule has 0 radical (unpaired) electrons. The summed E-state index contributed by atoms with van der Waals surface area (Å²) in [5.41, 5.74) is 0. The molecule has 1 atom stereocenters. The Morgan fingerprint density at radius 2 is 2.40 bits per heavy atom. The van der Waals surface area contributed by atoms with Gasteiger partial charge in [-0.25, -0.2) is 9.38 Å². The molecule has 0 aromatic rings. The Balaban J connectivity index is 2.89. The third-order valence-corrected chi connectivity index (χ3v) is 1.68. The van der Waals surface area contributed by atoms with Gasteiger partial charge in [-0.05, 0) is 6.92 Å². The van der Waals surface area contributed by atoms with Crippen molar-refractivity contribution in [2.75, 3.05) is 7.11 Å². The van der Waals surface area contributed by atoms with Crippen molar-refractivity contribution < 1.29 is 9.13 Å². The summed E-state index contributed by atoms with van der Waals surface area (Å²) < 4.78 is 17.4. The molecule has 0 fully saturated rings. The molecule has 0 bridgehead atoms. The zero-order valence-corrected chi connectivity index (χ0v) is 6.44. The van der Waals surface area contributed by atoms with E-state index in [1.54, 1.807) is 0 Å². The van der Waals surface area contributed by atoms with Crippen LogP contribution in [0, 0.1) is 0 Å². The molecule has 0 spiro atoms. The normalized spacial score (nSPS) is 31.6.